The highest BCUT2D eigenvalue weighted by Crippen LogP contribution is 2.52. The zero-order chi connectivity index (χ0) is 25.6. The van der Waals surface area contributed by atoms with Gasteiger partial charge in [-0.3, -0.25) is 4.79 Å². The van der Waals surface area contributed by atoms with Crippen molar-refractivity contribution >= 4 is 29.2 Å². The number of halogens is 3. The molecule has 2 fully saturated rings. The molecular formula is C24H24F3N5O3. The Labute approximate surface area is 200 Å². The van der Waals surface area contributed by atoms with E-state index in [1.165, 1.54) is 17.2 Å². The molecule has 11 heteroatoms. The summed E-state index contributed by atoms with van der Waals surface area (Å²) in [5, 5.41) is 12.4. The van der Waals surface area contributed by atoms with E-state index in [4.69, 9.17) is 4.74 Å². The van der Waals surface area contributed by atoms with Crippen LogP contribution >= 0.6 is 0 Å². The van der Waals surface area contributed by atoms with E-state index in [9.17, 15) is 28.0 Å². The van der Waals surface area contributed by atoms with E-state index in [2.05, 4.69) is 21.4 Å². The lowest BCUT2D eigenvalue weighted by Gasteiger charge is -2.22. The summed E-state index contributed by atoms with van der Waals surface area (Å²) in [5.41, 5.74) is -3.41. The lowest BCUT2D eigenvalue weighted by Crippen LogP contribution is -2.35. The Hall–Kier alpha value is -3.68. The van der Waals surface area contributed by atoms with Gasteiger partial charge in [-0.15, -0.1) is 0 Å². The molecule has 1 aliphatic carbocycles. The van der Waals surface area contributed by atoms with Crippen LogP contribution in [-0.4, -0.2) is 34.0 Å². The van der Waals surface area contributed by atoms with Crippen molar-refractivity contribution < 1.29 is 27.5 Å². The van der Waals surface area contributed by atoms with Crippen LogP contribution in [-0.2, 0) is 15.7 Å². The van der Waals surface area contributed by atoms with Gasteiger partial charge < -0.3 is 15.0 Å². The van der Waals surface area contributed by atoms with E-state index < -0.39 is 34.3 Å². The molecule has 2 aromatic rings. The molecule has 4 rings (SSSR count). The Balaban J connectivity index is 1.58. The second-order valence-electron chi connectivity index (χ2n) is 9.70. The standard InChI is InChI=1S/C24H24F3N5O3/c1-22(2,3)35-20(33)16-12-30-19(11-17(16)24(25,26)27)31-18-10-15(6-8-29-18)32-9-7-23(13-28,21(32)34)14-4-5-14/h6,8,10-12,14H,4-5,7,9H2,1-3H3,(H,29,30,31). The number of amides is 1. The lowest BCUT2D eigenvalue weighted by molar-refractivity contribution is -0.138. The molecule has 8 nitrogen and oxygen atoms in total. The maximum atomic E-state index is 13.7. The average Bonchev–Trinajstić information content (AvgIpc) is 3.56. The molecule has 1 atom stereocenters. The Morgan fingerprint density at radius 1 is 1.23 bits per heavy atom. The van der Waals surface area contributed by atoms with Crippen molar-refractivity contribution in [3.63, 3.8) is 0 Å². The molecule has 184 valence electrons. The highest BCUT2D eigenvalue weighted by molar-refractivity contribution is 6.02. The number of nitriles is 1. The largest absolute Gasteiger partial charge is 0.456 e. The number of aromatic nitrogens is 2. The van der Waals surface area contributed by atoms with Crippen LogP contribution in [0.3, 0.4) is 0 Å². The van der Waals surface area contributed by atoms with Gasteiger partial charge in [-0.1, -0.05) is 0 Å². The first-order chi connectivity index (χ1) is 16.3. The second kappa shape index (κ2) is 8.52. The molecule has 1 saturated heterocycles. The number of hydrogen-bond donors (Lipinski definition) is 1. The highest BCUT2D eigenvalue weighted by atomic mass is 19.4. The minimum atomic E-state index is -4.83. The number of carbonyl (C=O) groups excluding carboxylic acids is 2. The van der Waals surface area contributed by atoms with E-state index in [0.717, 1.165) is 19.0 Å². The van der Waals surface area contributed by atoms with Crippen LogP contribution in [0.1, 0.15) is 56.0 Å². The molecule has 0 spiro atoms. The van der Waals surface area contributed by atoms with E-state index in [1.807, 2.05) is 0 Å². The molecule has 2 aromatic heterocycles. The van der Waals surface area contributed by atoms with Crippen molar-refractivity contribution in [2.45, 2.75) is 51.8 Å². The van der Waals surface area contributed by atoms with Crippen LogP contribution < -0.4 is 10.2 Å². The number of esters is 1. The number of anilines is 3. The molecule has 1 saturated carbocycles. The first-order valence-electron chi connectivity index (χ1n) is 11.1. The highest BCUT2D eigenvalue weighted by Gasteiger charge is 2.56. The van der Waals surface area contributed by atoms with E-state index in [-0.39, 0.29) is 23.5 Å². The van der Waals surface area contributed by atoms with Crippen molar-refractivity contribution in [3.8, 4) is 6.07 Å². The number of nitrogens with one attached hydrogen (secondary N) is 1. The molecule has 35 heavy (non-hydrogen) atoms. The molecule has 1 N–H and O–H groups in total. The van der Waals surface area contributed by atoms with Gasteiger partial charge in [-0.2, -0.15) is 18.4 Å². The molecule has 0 aromatic carbocycles. The van der Waals surface area contributed by atoms with Gasteiger partial charge in [0.05, 0.1) is 17.2 Å². The minimum Gasteiger partial charge on any atom is -0.456 e. The molecule has 1 aliphatic heterocycles. The maximum absolute atomic E-state index is 13.7. The summed E-state index contributed by atoms with van der Waals surface area (Å²) in [6.07, 6.45) is -0.475. The fourth-order valence-corrected chi connectivity index (χ4v) is 4.17. The van der Waals surface area contributed by atoms with Crippen LogP contribution in [0.5, 0.6) is 0 Å². The quantitative estimate of drug-likeness (QED) is 0.601. The zero-order valence-corrected chi connectivity index (χ0v) is 19.4. The summed E-state index contributed by atoms with van der Waals surface area (Å²) in [5.74, 6) is -1.36. The minimum absolute atomic E-state index is 0.0675. The summed E-state index contributed by atoms with van der Waals surface area (Å²) >= 11 is 0. The lowest BCUT2D eigenvalue weighted by atomic mass is 9.83. The smallest absolute Gasteiger partial charge is 0.417 e. The number of pyridine rings is 2. The third-order valence-electron chi connectivity index (χ3n) is 5.97. The molecular weight excluding hydrogens is 463 g/mol. The van der Waals surface area contributed by atoms with Crippen LogP contribution in [0.2, 0.25) is 0 Å². The van der Waals surface area contributed by atoms with Gasteiger partial charge in [0.1, 0.15) is 22.7 Å². The predicted octanol–water partition coefficient (Wildman–Crippen LogP) is 4.85. The summed E-state index contributed by atoms with van der Waals surface area (Å²) in [6, 6.07) is 6.04. The van der Waals surface area contributed by atoms with Crippen molar-refractivity contribution in [2.24, 2.45) is 11.3 Å². The summed E-state index contributed by atoms with van der Waals surface area (Å²) in [7, 11) is 0. The van der Waals surface area contributed by atoms with Crippen LogP contribution in [0.15, 0.2) is 30.6 Å². The third kappa shape index (κ3) is 4.92. The Morgan fingerprint density at radius 3 is 2.51 bits per heavy atom. The van der Waals surface area contributed by atoms with Crippen molar-refractivity contribution in [1.29, 1.82) is 5.26 Å². The fraction of sp³-hybridized carbons (Fsp3) is 0.458. The Kier molecular flexibility index (Phi) is 5.95. The second-order valence-corrected chi connectivity index (χ2v) is 9.70. The SMILES string of the molecule is CC(C)(C)OC(=O)c1cnc(Nc2cc(N3CCC(C#N)(C4CC4)C3=O)ccn2)cc1C(F)(F)F. The molecule has 1 amide bonds. The summed E-state index contributed by atoms with van der Waals surface area (Å²) in [4.78, 5) is 34.9. The number of hydrogen-bond acceptors (Lipinski definition) is 7. The normalized spacial score (nSPS) is 20.5. The molecule has 3 heterocycles. The monoisotopic (exact) mass is 487 g/mol. The van der Waals surface area contributed by atoms with E-state index in [1.54, 1.807) is 26.8 Å². The van der Waals surface area contributed by atoms with Crippen LogP contribution in [0.25, 0.3) is 0 Å². The summed E-state index contributed by atoms with van der Waals surface area (Å²) < 4.78 is 46.2. The van der Waals surface area contributed by atoms with Crippen LogP contribution in [0, 0.1) is 22.7 Å². The number of rotatable bonds is 5. The van der Waals surface area contributed by atoms with Gasteiger partial charge in [-0.25, -0.2) is 14.8 Å². The zero-order valence-electron chi connectivity index (χ0n) is 19.4. The van der Waals surface area contributed by atoms with Gasteiger partial charge in [0.15, 0.2) is 0 Å². The number of ether oxygens (including phenoxy) is 1. The van der Waals surface area contributed by atoms with E-state index >= 15 is 0 Å². The Morgan fingerprint density at radius 2 is 1.91 bits per heavy atom. The first-order valence-corrected chi connectivity index (χ1v) is 11.1. The molecule has 1 unspecified atom stereocenters. The van der Waals surface area contributed by atoms with Crippen molar-refractivity contribution in [1.82, 2.24) is 9.97 Å². The average molecular weight is 487 g/mol. The maximum Gasteiger partial charge on any atom is 0.417 e. The van der Waals surface area contributed by atoms with Gasteiger partial charge >= 0.3 is 12.1 Å². The van der Waals surface area contributed by atoms with Crippen LogP contribution in [0.4, 0.5) is 30.5 Å². The van der Waals surface area contributed by atoms with Gasteiger partial charge in [0.2, 0.25) is 5.91 Å². The number of alkyl halides is 3. The van der Waals surface area contributed by atoms with Gasteiger partial charge in [0.25, 0.3) is 0 Å². The number of carbonyl (C=O) groups is 2. The van der Waals surface area contributed by atoms with Gasteiger partial charge in [0, 0.05) is 30.7 Å². The fourth-order valence-electron chi connectivity index (χ4n) is 4.17. The topological polar surface area (TPSA) is 108 Å². The first kappa shape index (κ1) is 24.4. The molecule has 0 bridgehead atoms. The molecule has 0 radical (unpaired) electrons. The summed E-state index contributed by atoms with van der Waals surface area (Å²) in [6.45, 7) is 5.03. The van der Waals surface area contributed by atoms with Crippen molar-refractivity contribution in [3.05, 3.63) is 41.7 Å². The van der Waals surface area contributed by atoms with E-state index in [0.29, 0.717) is 24.7 Å². The van der Waals surface area contributed by atoms with Gasteiger partial charge in [-0.05, 0) is 58.1 Å². The molecule has 2 aliphatic rings. The predicted molar refractivity (Wildman–Crippen MR) is 120 cm³/mol. The Bertz CT molecular complexity index is 1210. The number of nitrogens with zero attached hydrogens (tertiary/aromatic N) is 4. The third-order valence-corrected chi connectivity index (χ3v) is 5.97. The van der Waals surface area contributed by atoms with Crippen molar-refractivity contribution in [2.75, 3.05) is 16.8 Å².